The number of β-amino-alcohol motifs (C(OH)–C–C–N with tert-alkyl or cyclic N) is 1. The largest absolute Gasteiger partial charge is 0.391 e. The number of aliphatic hydroxyl groups excluding tert-OH is 1. The number of aromatic nitrogens is 1. The number of carbonyl (C=O) groups is 6. The number of amides is 6. The molecule has 1 aliphatic rings. The highest BCUT2D eigenvalue weighted by Crippen LogP contribution is 2.21. The van der Waals surface area contributed by atoms with Crippen LogP contribution >= 0.6 is 0 Å². The van der Waals surface area contributed by atoms with Crippen LogP contribution in [0.25, 0.3) is 0 Å². The molecule has 48 heavy (non-hydrogen) atoms. The maximum absolute atomic E-state index is 13.7. The van der Waals surface area contributed by atoms with Gasteiger partial charge in [-0.25, -0.2) is 5.48 Å². The second-order valence-corrected chi connectivity index (χ2v) is 11.6. The molecule has 6 amide bonds. The Hall–Kier alpha value is -4.15. The van der Waals surface area contributed by atoms with Gasteiger partial charge in [0, 0.05) is 25.4 Å². The summed E-state index contributed by atoms with van der Waals surface area (Å²) in [5, 5.41) is 20.4. The lowest BCUT2D eigenvalue weighted by atomic mass is 10.1. The number of nitrogens with one attached hydrogen (secondary N) is 5. The van der Waals surface area contributed by atoms with Gasteiger partial charge in [-0.05, 0) is 64.4 Å². The number of likely N-dealkylation sites (tertiary alicyclic amines) is 1. The molecule has 2 rings (SSSR count). The predicted molar refractivity (Wildman–Crippen MR) is 176 cm³/mol. The highest BCUT2D eigenvalue weighted by atomic mass is 16.6. The van der Waals surface area contributed by atoms with Crippen LogP contribution in [0.5, 0.6) is 0 Å². The van der Waals surface area contributed by atoms with Crippen molar-refractivity contribution in [2.24, 2.45) is 0 Å². The van der Waals surface area contributed by atoms with Crippen molar-refractivity contribution < 1.29 is 38.7 Å². The second kappa shape index (κ2) is 21.7. The molecule has 268 valence electrons. The average Bonchev–Trinajstić information content (AvgIpc) is 3.48. The third-order valence-corrected chi connectivity index (χ3v) is 7.91. The standard InChI is InChI=1S/C32H52N8O8/c1-5-8-16-48-38-31(46)26-17-24(41)21-40(26)32(47)25(13-9-10-15-39(6-2)7-3)37-28(43)20-34-29(44)22(4)36-27(42)19-35-30(45)23-12-11-14-33-18-23/h11-12,14,18,22,24-26,41H,5-10,13,15-17,19-21H2,1-4H3,(H,34,44)(H,35,45)(H,36,42)(H,37,43)(H,38,46)/t22-,24?,25-,26-/m0/s1. The normalized spacial score (nSPS) is 16.9. The van der Waals surface area contributed by atoms with E-state index >= 15 is 0 Å². The van der Waals surface area contributed by atoms with Crippen LogP contribution in [-0.4, -0.2) is 125 Å². The van der Waals surface area contributed by atoms with Crippen molar-refractivity contribution in [2.45, 2.75) is 90.4 Å². The molecular formula is C32H52N8O8. The number of rotatable bonds is 21. The molecule has 0 radical (unpaired) electrons. The quantitative estimate of drug-likeness (QED) is 0.0708. The van der Waals surface area contributed by atoms with E-state index < -0.39 is 66.2 Å². The van der Waals surface area contributed by atoms with Crippen LogP contribution in [0, 0.1) is 0 Å². The lowest BCUT2D eigenvalue weighted by molar-refractivity contribution is -0.146. The van der Waals surface area contributed by atoms with Gasteiger partial charge in [0.15, 0.2) is 0 Å². The summed E-state index contributed by atoms with van der Waals surface area (Å²) >= 11 is 0. The van der Waals surface area contributed by atoms with Gasteiger partial charge >= 0.3 is 0 Å². The van der Waals surface area contributed by atoms with Crippen molar-refractivity contribution in [3.63, 3.8) is 0 Å². The van der Waals surface area contributed by atoms with E-state index in [2.05, 4.69) is 50.5 Å². The highest BCUT2D eigenvalue weighted by Gasteiger charge is 2.41. The third-order valence-electron chi connectivity index (χ3n) is 7.91. The van der Waals surface area contributed by atoms with Crippen LogP contribution in [0.4, 0.5) is 0 Å². The number of pyridine rings is 1. The van der Waals surface area contributed by atoms with E-state index in [0.717, 1.165) is 38.9 Å². The van der Waals surface area contributed by atoms with E-state index in [0.29, 0.717) is 13.0 Å². The van der Waals surface area contributed by atoms with Gasteiger partial charge < -0.3 is 36.2 Å². The summed E-state index contributed by atoms with van der Waals surface area (Å²) in [7, 11) is 0. The molecule has 1 saturated heterocycles. The summed E-state index contributed by atoms with van der Waals surface area (Å²) in [5.41, 5.74) is 2.64. The van der Waals surface area contributed by atoms with Crippen molar-refractivity contribution in [2.75, 3.05) is 45.9 Å². The van der Waals surface area contributed by atoms with Gasteiger partial charge in [0.05, 0.1) is 31.4 Å². The van der Waals surface area contributed by atoms with E-state index in [-0.39, 0.29) is 31.5 Å². The number of unbranched alkanes of at least 4 members (excludes halogenated alkanes) is 2. The Morgan fingerprint density at radius 3 is 2.40 bits per heavy atom. The smallest absolute Gasteiger partial charge is 0.266 e. The summed E-state index contributed by atoms with van der Waals surface area (Å²) < 4.78 is 0. The Morgan fingerprint density at radius 2 is 1.73 bits per heavy atom. The average molecular weight is 677 g/mol. The molecule has 0 aliphatic carbocycles. The molecule has 1 unspecified atom stereocenters. The van der Waals surface area contributed by atoms with Crippen LogP contribution < -0.4 is 26.7 Å². The zero-order valence-corrected chi connectivity index (χ0v) is 28.5. The molecule has 1 fully saturated rings. The van der Waals surface area contributed by atoms with Gasteiger partial charge in [0.25, 0.3) is 11.8 Å². The SMILES string of the molecule is CCCCONC(=O)[C@@H]1CC(O)CN1C(=O)[C@H](CCCCN(CC)CC)NC(=O)CNC(=O)[C@H](C)NC(=O)CNC(=O)c1cccnc1. The number of hydrogen-bond donors (Lipinski definition) is 6. The van der Waals surface area contributed by atoms with Crippen molar-refractivity contribution in [1.82, 2.24) is 41.5 Å². The van der Waals surface area contributed by atoms with Crippen LogP contribution in [0.1, 0.15) is 76.6 Å². The van der Waals surface area contributed by atoms with E-state index in [4.69, 9.17) is 4.84 Å². The first-order chi connectivity index (χ1) is 23.0. The Morgan fingerprint density at radius 1 is 1.02 bits per heavy atom. The van der Waals surface area contributed by atoms with Crippen LogP contribution in [0.15, 0.2) is 24.5 Å². The summed E-state index contributed by atoms with van der Waals surface area (Å²) in [6.45, 7) is 9.51. The molecule has 0 bridgehead atoms. The molecular weight excluding hydrogens is 624 g/mol. The highest BCUT2D eigenvalue weighted by molar-refractivity contribution is 5.97. The Labute approximate surface area is 282 Å². The molecule has 1 aromatic heterocycles. The zero-order valence-electron chi connectivity index (χ0n) is 28.5. The summed E-state index contributed by atoms with van der Waals surface area (Å²) in [6, 6.07) is 0.125. The number of aliphatic hydroxyl groups is 1. The Balaban J connectivity index is 1.95. The van der Waals surface area contributed by atoms with Crippen molar-refractivity contribution >= 4 is 35.4 Å². The maximum atomic E-state index is 13.7. The molecule has 0 spiro atoms. The fourth-order valence-corrected chi connectivity index (χ4v) is 5.08. The molecule has 2 heterocycles. The maximum Gasteiger partial charge on any atom is 0.266 e. The fourth-order valence-electron chi connectivity index (χ4n) is 5.08. The number of nitrogens with zero attached hydrogens (tertiary/aromatic N) is 3. The van der Waals surface area contributed by atoms with Gasteiger partial charge in [0.2, 0.25) is 23.6 Å². The zero-order chi connectivity index (χ0) is 35.5. The third kappa shape index (κ3) is 13.9. The molecule has 1 aromatic rings. The second-order valence-electron chi connectivity index (χ2n) is 11.6. The van der Waals surface area contributed by atoms with E-state index in [9.17, 15) is 33.9 Å². The summed E-state index contributed by atoms with van der Waals surface area (Å²) in [4.78, 5) is 89.1. The first kappa shape index (κ1) is 40.0. The van der Waals surface area contributed by atoms with Crippen molar-refractivity contribution in [3.05, 3.63) is 30.1 Å². The topological polar surface area (TPSA) is 211 Å². The first-order valence-corrected chi connectivity index (χ1v) is 16.7. The van der Waals surface area contributed by atoms with E-state index in [1.54, 1.807) is 12.1 Å². The number of hydroxylamine groups is 1. The molecule has 6 N–H and O–H groups in total. The van der Waals surface area contributed by atoms with Gasteiger partial charge in [-0.15, -0.1) is 0 Å². The van der Waals surface area contributed by atoms with Crippen molar-refractivity contribution in [1.29, 1.82) is 0 Å². The monoisotopic (exact) mass is 676 g/mol. The molecule has 16 heteroatoms. The number of carbonyl (C=O) groups excluding carboxylic acids is 6. The minimum absolute atomic E-state index is 0.0319. The predicted octanol–water partition coefficient (Wildman–Crippen LogP) is -0.761. The van der Waals surface area contributed by atoms with E-state index in [1.807, 2.05) is 6.92 Å². The lowest BCUT2D eigenvalue weighted by Gasteiger charge is -2.28. The molecule has 0 saturated carbocycles. The van der Waals surface area contributed by atoms with Crippen LogP contribution in [-0.2, 0) is 28.8 Å². The van der Waals surface area contributed by atoms with E-state index in [1.165, 1.54) is 24.2 Å². The summed E-state index contributed by atoms with van der Waals surface area (Å²) in [6.07, 6.45) is 5.26. The number of hydrogen-bond acceptors (Lipinski definition) is 10. The lowest BCUT2D eigenvalue weighted by Crippen LogP contribution is -2.55. The molecule has 1 aliphatic heterocycles. The van der Waals surface area contributed by atoms with Gasteiger partial charge in [-0.2, -0.15) is 0 Å². The van der Waals surface area contributed by atoms with Gasteiger partial charge in [-0.3, -0.25) is 38.6 Å². The van der Waals surface area contributed by atoms with Crippen LogP contribution in [0.3, 0.4) is 0 Å². The van der Waals surface area contributed by atoms with Gasteiger partial charge in [0.1, 0.15) is 18.1 Å². The summed E-state index contributed by atoms with van der Waals surface area (Å²) in [5.74, 6) is -3.48. The Bertz CT molecular complexity index is 1200. The van der Waals surface area contributed by atoms with Crippen molar-refractivity contribution in [3.8, 4) is 0 Å². The minimum Gasteiger partial charge on any atom is -0.391 e. The Kier molecular flexibility index (Phi) is 18.1. The first-order valence-electron chi connectivity index (χ1n) is 16.7. The molecule has 16 nitrogen and oxygen atoms in total. The van der Waals surface area contributed by atoms with Crippen LogP contribution in [0.2, 0.25) is 0 Å². The molecule has 0 aromatic carbocycles. The fraction of sp³-hybridized carbons (Fsp3) is 0.656. The minimum atomic E-state index is -1.02. The van der Waals surface area contributed by atoms with Gasteiger partial charge in [-0.1, -0.05) is 27.2 Å². The molecule has 4 atom stereocenters.